The minimum Gasteiger partial charge on any atom is -0.332 e. The first-order valence-electron chi connectivity index (χ1n) is 10.4. The summed E-state index contributed by atoms with van der Waals surface area (Å²) in [5.41, 5.74) is 0.243. The van der Waals surface area contributed by atoms with E-state index in [9.17, 15) is 17.6 Å². The fraction of sp³-hybridized carbons (Fsp3) is 0.409. The van der Waals surface area contributed by atoms with E-state index in [1.165, 1.54) is 6.07 Å². The van der Waals surface area contributed by atoms with Crippen molar-refractivity contribution < 1.29 is 17.6 Å². The van der Waals surface area contributed by atoms with Gasteiger partial charge in [0.05, 0.1) is 30.0 Å². The van der Waals surface area contributed by atoms with Gasteiger partial charge < -0.3 is 14.8 Å². The van der Waals surface area contributed by atoms with Crippen LogP contribution in [0.25, 0.3) is 5.69 Å². The lowest BCUT2D eigenvalue weighted by Crippen LogP contribution is -2.37. The standard InChI is InChI=1S/C22H24F4N6/c1-2-18-8-19(10-28-18)32(21-29-11-20(12-30-21)31-4-3-27-14-31)13-16-5-15(9-23)6-17(7-16)22(24,25)26/h3-7,11-12,14,18-19,28H,2,8-10,13H2,1H3/t18?,19-/m0/s1. The van der Waals surface area contributed by atoms with Crippen molar-refractivity contribution in [2.75, 3.05) is 11.4 Å². The molecule has 1 aromatic carbocycles. The predicted octanol–water partition coefficient (Wildman–Crippen LogP) is 4.30. The second-order valence-electron chi connectivity index (χ2n) is 7.91. The van der Waals surface area contributed by atoms with Crippen LogP contribution in [-0.4, -0.2) is 38.1 Å². The Morgan fingerprint density at radius 3 is 2.50 bits per heavy atom. The number of alkyl halides is 4. The van der Waals surface area contributed by atoms with Gasteiger partial charge in [-0.1, -0.05) is 13.0 Å². The second-order valence-corrected chi connectivity index (χ2v) is 7.91. The maximum absolute atomic E-state index is 13.3. The molecule has 0 spiro atoms. The summed E-state index contributed by atoms with van der Waals surface area (Å²) >= 11 is 0. The normalized spacial score (nSPS) is 18.8. The number of nitrogens with one attached hydrogen (secondary N) is 1. The van der Waals surface area contributed by atoms with Crippen LogP contribution in [-0.2, 0) is 19.4 Å². The highest BCUT2D eigenvalue weighted by molar-refractivity contribution is 5.40. The molecule has 0 bridgehead atoms. The SMILES string of the molecule is CCC1C[C@H](N(Cc2cc(CF)cc(C(F)(F)F)c2)c2ncc(-n3ccnc3)cn2)CN1. The summed E-state index contributed by atoms with van der Waals surface area (Å²) in [6.07, 6.45) is 5.55. The molecular formula is C22H24F4N6. The van der Waals surface area contributed by atoms with Gasteiger partial charge in [-0.2, -0.15) is 13.2 Å². The molecule has 1 unspecified atom stereocenters. The highest BCUT2D eigenvalue weighted by Crippen LogP contribution is 2.32. The van der Waals surface area contributed by atoms with Crippen molar-refractivity contribution in [2.24, 2.45) is 0 Å². The monoisotopic (exact) mass is 448 g/mol. The zero-order chi connectivity index (χ0) is 22.7. The van der Waals surface area contributed by atoms with E-state index in [4.69, 9.17) is 0 Å². The molecular weight excluding hydrogens is 424 g/mol. The van der Waals surface area contributed by atoms with Crippen LogP contribution >= 0.6 is 0 Å². The molecule has 1 N–H and O–H groups in total. The summed E-state index contributed by atoms with van der Waals surface area (Å²) in [6, 6.07) is 3.72. The van der Waals surface area contributed by atoms with E-state index >= 15 is 0 Å². The molecule has 6 nitrogen and oxygen atoms in total. The lowest BCUT2D eigenvalue weighted by atomic mass is 10.0. The van der Waals surface area contributed by atoms with E-state index in [2.05, 4.69) is 27.2 Å². The first-order chi connectivity index (χ1) is 15.4. The fourth-order valence-electron chi connectivity index (χ4n) is 4.01. The topological polar surface area (TPSA) is 58.9 Å². The third-order valence-electron chi connectivity index (χ3n) is 5.70. The lowest BCUT2D eigenvalue weighted by Gasteiger charge is -2.29. The minimum atomic E-state index is -4.55. The molecule has 0 radical (unpaired) electrons. The van der Waals surface area contributed by atoms with E-state index in [1.807, 2.05) is 4.90 Å². The number of hydrogen-bond acceptors (Lipinski definition) is 5. The summed E-state index contributed by atoms with van der Waals surface area (Å²) in [4.78, 5) is 14.9. The van der Waals surface area contributed by atoms with E-state index in [-0.39, 0.29) is 18.2 Å². The van der Waals surface area contributed by atoms with Gasteiger partial charge in [-0.05, 0) is 36.1 Å². The van der Waals surface area contributed by atoms with Crippen LogP contribution in [0.2, 0.25) is 0 Å². The second kappa shape index (κ2) is 9.23. The summed E-state index contributed by atoms with van der Waals surface area (Å²) in [6.45, 7) is 1.93. The smallest absolute Gasteiger partial charge is 0.332 e. The number of anilines is 1. The molecule has 4 rings (SSSR count). The van der Waals surface area contributed by atoms with Crippen molar-refractivity contribution in [3.63, 3.8) is 0 Å². The zero-order valence-corrected chi connectivity index (χ0v) is 17.6. The Morgan fingerprint density at radius 1 is 1.16 bits per heavy atom. The van der Waals surface area contributed by atoms with Gasteiger partial charge in [0.15, 0.2) is 0 Å². The van der Waals surface area contributed by atoms with Crippen LogP contribution in [0.15, 0.2) is 49.3 Å². The molecule has 3 heterocycles. The molecule has 0 amide bonds. The molecule has 1 fully saturated rings. The Morgan fingerprint density at radius 2 is 1.91 bits per heavy atom. The van der Waals surface area contributed by atoms with Crippen molar-refractivity contribution in [3.8, 4) is 5.69 Å². The van der Waals surface area contributed by atoms with Gasteiger partial charge in [0, 0.05) is 37.6 Å². The first-order valence-corrected chi connectivity index (χ1v) is 10.4. The van der Waals surface area contributed by atoms with E-state index in [1.54, 1.807) is 35.7 Å². The highest BCUT2D eigenvalue weighted by atomic mass is 19.4. The Hall–Kier alpha value is -3.01. The Bertz CT molecular complexity index is 1020. The maximum Gasteiger partial charge on any atom is 0.416 e. The first kappa shape index (κ1) is 22.2. The molecule has 1 aliphatic rings. The van der Waals surface area contributed by atoms with Crippen molar-refractivity contribution in [1.82, 2.24) is 24.8 Å². The number of aromatic nitrogens is 4. The van der Waals surface area contributed by atoms with Crippen molar-refractivity contribution in [3.05, 3.63) is 66.0 Å². The van der Waals surface area contributed by atoms with Crippen LogP contribution in [0.5, 0.6) is 0 Å². The molecule has 32 heavy (non-hydrogen) atoms. The Balaban J connectivity index is 1.66. The third-order valence-corrected chi connectivity index (χ3v) is 5.70. The average molecular weight is 448 g/mol. The van der Waals surface area contributed by atoms with E-state index < -0.39 is 18.4 Å². The summed E-state index contributed by atoms with van der Waals surface area (Å²) < 4.78 is 55.1. The van der Waals surface area contributed by atoms with E-state index in [0.29, 0.717) is 24.1 Å². The molecule has 3 aromatic rings. The lowest BCUT2D eigenvalue weighted by molar-refractivity contribution is -0.137. The van der Waals surface area contributed by atoms with Crippen molar-refractivity contribution in [2.45, 2.75) is 51.2 Å². The number of nitrogens with zero attached hydrogens (tertiary/aromatic N) is 5. The summed E-state index contributed by atoms with van der Waals surface area (Å²) in [5.74, 6) is 0.414. The van der Waals surface area contributed by atoms with Gasteiger partial charge >= 0.3 is 6.18 Å². The van der Waals surface area contributed by atoms with Gasteiger partial charge in [0.2, 0.25) is 5.95 Å². The largest absolute Gasteiger partial charge is 0.416 e. The van der Waals surface area contributed by atoms with Gasteiger partial charge in [0.25, 0.3) is 0 Å². The molecule has 2 atom stereocenters. The number of benzene rings is 1. The predicted molar refractivity (Wildman–Crippen MR) is 112 cm³/mol. The average Bonchev–Trinajstić information content (AvgIpc) is 3.49. The molecule has 0 saturated carbocycles. The van der Waals surface area contributed by atoms with Gasteiger partial charge in [-0.3, -0.25) is 0 Å². The van der Waals surface area contributed by atoms with Crippen LogP contribution in [0, 0.1) is 0 Å². The minimum absolute atomic E-state index is 0.00197. The maximum atomic E-state index is 13.3. The van der Waals surface area contributed by atoms with Crippen LogP contribution in [0.3, 0.4) is 0 Å². The van der Waals surface area contributed by atoms with Crippen LogP contribution in [0.1, 0.15) is 36.5 Å². The number of hydrogen-bond donors (Lipinski definition) is 1. The fourth-order valence-corrected chi connectivity index (χ4v) is 4.01. The zero-order valence-electron chi connectivity index (χ0n) is 17.6. The van der Waals surface area contributed by atoms with Gasteiger partial charge in [0.1, 0.15) is 6.67 Å². The quantitative estimate of drug-likeness (QED) is 0.547. The van der Waals surface area contributed by atoms with Gasteiger partial charge in [-0.25, -0.2) is 19.3 Å². The number of halogens is 4. The Kier molecular flexibility index (Phi) is 6.40. The molecule has 1 saturated heterocycles. The van der Waals surface area contributed by atoms with Crippen LogP contribution < -0.4 is 10.2 Å². The summed E-state index contributed by atoms with van der Waals surface area (Å²) in [7, 11) is 0. The number of rotatable bonds is 7. The Labute approximate surface area is 183 Å². The third kappa shape index (κ3) is 4.90. The summed E-state index contributed by atoms with van der Waals surface area (Å²) in [5, 5.41) is 3.43. The van der Waals surface area contributed by atoms with Crippen molar-refractivity contribution >= 4 is 5.95 Å². The highest BCUT2D eigenvalue weighted by Gasteiger charge is 2.33. The number of imidazole rings is 1. The molecule has 10 heteroatoms. The molecule has 170 valence electrons. The van der Waals surface area contributed by atoms with Crippen LogP contribution in [0.4, 0.5) is 23.5 Å². The van der Waals surface area contributed by atoms with E-state index in [0.717, 1.165) is 30.7 Å². The molecule has 0 aliphatic carbocycles. The molecule has 2 aromatic heterocycles. The molecule has 1 aliphatic heterocycles. The van der Waals surface area contributed by atoms with Crippen molar-refractivity contribution in [1.29, 1.82) is 0 Å². The van der Waals surface area contributed by atoms with Gasteiger partial charge in [-0.15, -0.1) is 0 Å².